The molecule has 0 spiro atoms. The average molecular weight is 367 g/mol. The van der Waals surface area contributed by atoms with Crippen molar-refractivity contribution in [2.24, 2.45) is 5.10 Å². The van der Waals surface area contributed by atoms with Gasteiger partial charge < -0.3 is 4.74 Å². The molecule has 0 unspecified atom stereocenters. The number of benzene rings is 2. The van der Waals surface area contributed by atoms with Crippen molar-refractivity contribution in [1.29, 1.82) is 0 Å². The summed E-state index contributed by atoms with van der Waals surface area (Å²) in [5.41, 5.74) is 6.38. The Labute approximate surface area is 155 Å². The number of ether oxygens (including phenoxy) is 1. The zero-order valence-electron chi connectivity index (χ0n) is 14.1. The van der Waals surface area contributed by atoms with Crippen LogP contribution in [-0.4, -0.2) is 17.8 Å². The Kier molecular flexibility index (Phi) is 6.24. The van der Waals surface area contributed by atoms with Crippen molar-refractivity contribution in [3.63, 3.8) is 0 Å². The summed E-state index contributed by atoms with van der Waals surface area (Å²) in [5, 5.41) is 6.87. The van der Waals surface area contributed by atoms with Crippen LogP contribution in [0, 0.1) is 5.82 Å². The van der Waals surface area contributed by atoms with Gasteiger partial charge in [-0.15, -0.1) is 17.9 Å². The van der Waals surface area contributed by atoms with Gasteiger partial charge in [0.25, 0.3) is 0 Å². The quantitative estimate of drug-likeness (QED) is 0.261. The van der Waals surface area contributed by atoms with E-state index in [0.717, 1.165) is 22.4 Å². The van der Waals surface area contributed by atoms with Gasteiger partial charge in [-0.1, -0.05) is 42.5 Å². The van der Waals surface area contributed by atoms with Gasteiger partial charge in [0.05, 0.1) is 25.1 Å². The molecule has 1 aromatic heterocycles. The number of nitrogens with one attached hydrogen (secondary N) is 1. The minimum atomic E-state index is -0.306. The second kappa shape index (κ2) is 9.03. The highest BCUT2D eigenvalue weighted by atomic mass is 32.1. The molecule has 0 amide bonds. The van der Waals surface area contributed by atoms with E-state index in [9.17, 15) is 4.39 Å². The molecule has 0 radical (unpaired) electrons. The number of hydrazone groups is 1. The maximum atomic E-state index is 13.5. The molecular weight excluding hydrogens is 349 g/mol. The van der Waals surface area contributed by atoms with Crippen molar-refractivity contribution in [1.82, 2.24) is 4.98 Å². The first-order valence-corrected chi connectivity index (χ1v) is 8.91. The fraction of sp³-hybridized carbons (Fsp3) is 0.100. The molecule has 1 heterocycles. The Morgan fingerprint density at radius 2 is 2.08 bits per heavy atom. The van der Waals surface area contributed by atoms with Crippen LogP contribution in [0.5, 0.6) is 0 Å². The summed E-state index contributed by atoms with van der Waals surface area (Å²) in [6.45, 7) is 4.30. The summed E-state index contributed by atoms with van der Waals surface area (Å²) in [7, 11) is 0. The molecule has 0 atom stereocenters. The van der Waals surface area contributed by atoms with E-state index in [1.807, 2.05) is 35.7 Å². The van der Waals surface area contributed by atoms with Crippen molar-refractivity contribution >= 4 is 22.7 Å². The number of aromatic nitrogens is 1. The predicted molar refractivity (Wildman–Crippen MR) is 105 cm³/mol. The maximum absolute atomic E-state index is 13.5. The van der Waals surface area contributed by atoms with E-state index in [0.29, 0.717) is 18.3 Å². The van der Waals surface area contributed by atoms with Gasteiger partial charge in [0.2, 0.25) is 5.13 Å². The van der Waals surface area contributed by atoms with Crippen LogP contribution in [0.3, 0.4) is 0 Å². The number of halogens is 1. The molecule has 3 rings (SSSR count). The van der Waals surface area contributed by atoms with E-state index in [-0.39, 0.29) is 5.82 Å². The fourth-order valence-corrected chi connectivity index (χ4v) is 2.97. The SMILES string of the molecule is C=CCOCc1cc(F)ccc1C=NNc1nc(-c2ccccc2)cs1. The van der Waals surface area contributed by atoms with E-state index < -0.39 is 0 Å². The van der Waals surface area contributed by atoms with Crippen molar-refractivity contribution in [3.8, 4) is 11.3 Å². The summed E-state index contributed by atoms with van der Waals surface area (Å²) in [6, 6.07) is 14.5. The van der Waals surface area contributed by atoms with Crippen molar-refractivity contribution < 1.29 is 9.13 Å². The molecule has 3 aromatic rings. The van der Waals surface area contributed by atoms with Crippen molar-refractivity contribution in [2.45, 2.75) is 6.61 Å². The number of hydrogen-bond donors (Lipinski definition) is 1. The zero-order chi connectivity index (χ0) is 18.2. The third-order valence-electron chi connectivity index (χ3n) is 3.54. The second-order valence-electron chi connectivity index (χ2n) is 5.42. The van der Waals surface area contributed by atoms with Gasteiger partial charge in [0.15, 0.2) is 0 Å². The van der Waals surface area contributed by atoms with Crippen molar-refractivity contribution in [2.75, 3.05) is 12.0 Å². The summed E-state index contributed by atoms with van der Waals surface area (Å²) in [6.07, 6.45) is 3.29. The summed E-state index contributed by atoms with van der Waals surface area (Å²) >= 11 is 1.47. The highest BCUT2D eigenvalue weighted by Gasteiger charge is 2.04. The van der Waals surface area contributed by atoms with E-state index in [1.165, 1.54) is 23.5 Å². The molecule has 2 aromatic carbocycles. The molecule has 132 valence electrons. The molecule has 0 saturated heterocycles. The molecule has 0 aliphatic heterocycles. The number of anilines is 1. The van der Waals surface area contributed by atoms with Crippen molar-refractivity contribution in [3.05, 3.63) is 83.5 Å². The van der Waals surface area contributed by atoms with Crippen LogP contribution in [0.2, 0.25) is 0 Å². The summed E-state index contributed by atoms with van der Waals surface area (Å²) in [5.74, 6) is -0.306. The Balaban J connectivity index is 1.67. The number of hydrogen-bond acceptors (Lipinski definition) is 5. The lowest BCUT2D eigenvalue weighted by Crippen LogP contribution is -2.00. The van der Waals surface area contributed by atoms with E-state index >= 15 is 0 Å². The molecule has 0 aliphatic rings. The molecule has 26 heavy (non-hydrogen) atoms. The third-order valence-corrected chi connectivity index (χ3v) is 4.28. The highest BCUT2D eigenvalue weighted by molar-refractivity contribution is 7.14. The lowest BCUT2D eigenvalue weighted by Gasteiger charge is -2.06. The number of nitrogens with zero attached hydrogens (tertiary/aromatic N) is 2. The Bertz CT molecular complexity index is 893. The summed E-state index contributed by atoms with van der Waals surface area (Å²) < 4.78 is 18.9. The zero-order valence-corrected chi connectivity index (χ0v) is 14.9. The highest BCUT2D eigenvalue weighted by Crippen LogP contribution is 2.24. The number of rotatable bonds is 8. The van der Waals surface area contributed by atoms with E-state index in [4.69, 9.17) is 4.74 Å². The van der Waals surface area contributed by atoms with Crippen LogP contribution < -0.4 is 5.43 Å². The van der Waals surface area contributed by atoms with Gasteiger partial charge in [0.1, 0.15) is 5.82 Å². The van der Waals surface area contributed by atoms with Gasteiger partial charge in [0, 0.05) is 16.5 Å². The standard InChI is InChI=1S/C20H18FN3OS/c1-2-10-25-13-17-11-18(21)9-8-16(17)12-22-24-20-23-19(14-26-20)15-6-4-3-5-7-15/h2-9,11-12,14H,1,10,13H2,(H,23,24). The summed E-state index contributed by atoms with van der Waals surface area (Å²) in [4.78, 5) is 4.51. The minimum Gasteiger partial charge on any atom is -0.373 e. The van der Waals surface area contributed by atoms with Crippen LogP contribution in [0.25, 0.3) is 11.3 Å². The molecular formula is C20H18FN3OS. The Morgan fingerprint density at radius 3 is 2.88 bits per heavy atom. The van der Waals surface area contributed by atoms with Crippen LogP contribution in [0.15, 0.2) is 71.7 Å². The average Bonchev–Trinajstić information content (AvgIpc) is 3.13. The molecule has 0 fully saturated rings. The first-order chi connectivity index (χ1) is 12.8. The third kappa shape index (κ3) is 4.84. The molecule has 6 heteroatoms. The first kappa shape index (κ1) is 18.0. The van der Waals surface area contributed by atoms with Gasteiger partial charge >= 0.3 is 0 Å². The fourth-order valence-electron chi connectivity index (χ4n) is 2.30. The molecule has 0 bridgehead atoms. The predicted octanol–water partition coefficient (Wildman–Crippen LogP) is 5.10. The topological polar surface area (TPSA) is 46.5 Å². The van der Waals surface area contributed by atoms with Crippen LogP contribution in [0.4, 0.5) is 9.52 Å². The van der Waals surface area contributed by atoms with E-state index in [2.05, 4.69) is 22.1 Å². The van der Waals surface area contributed by atoms with Gasteiger partial charge in [-0.3, -0.25) is 5.43 Å². The first-order valence-electron chi connectivity index (χ1n) is 8.03. The van der Waals surface area contributed by atoms with E-state index in [1.54, 1.807) is 18.4 Å². The van der Waals surface area contributed by atoms with Crippen LogP contribution in [-0.2, 0) is 11.3 Å². The second-order valence-corrected chi connectivity index (χ2v) is 6.28. The molecule has 0 aliphatic carbocycles. The van der Waals surface area contributed by atoms with Gasteiger partial charge in [-0.05, 0) is 17.7 Å². The largest absolute Gasteiger partial charge is 0.373 e. The lowest BCUT2D eigenvalue weighted by molar-refractivity contribution is 0.148. The maximum Gasteiger partial charge on any atom is 0.203 e. The Morgan fingerprint density at radius 1 is 1.23 bits per heavy atom. The van der Waals surface area contributed by atoms with Gasteiger partial charge in [-0.25, -0.2) is 9.37 Å². The smallest absolute Gasteiger partial charge is 0.203 e. The van der Waals surface area contributed by atoms with Gasteiger partial charge in [-0.2, -0.15) is 5.10 Å². The minimum absolute atomic E-state index is 0.292. The molecule has 1 N–H and O–H groups in total. The number of thiazole rings is 1. The van der Waals surface area contributed by atoms with Crippen LogP contribution >= 0.6 is 11.3 Å². The lowest BCUT2D eigenvalue weighted by atomic mass is 10.1. The monoisotopic (exact) mass is 367 g/mol. The Hall–Kier alpha value is -2.83. The normalized spacial score (nSPS) is 11.0. The van der Waals surface area contributed by atoms with Crippen LogP contribution in [0.1, 0.15) is 11.1 Å². The molecule has 4 nitrogen and oxygen atoms in total. The molecule has 0 saturated carbocycles.